The highest BCUT2D eigenvalue weighted by Crippen LogP contribution is 2.37. The number of halogens is 1. The number of rotatable bonds is 9. The lowest BCUT2D eigenvalue weighted by atomic mass is 9.83. The van der Waals surface area contributed by atoms with Crippen molar-refractivity contribution in [3.63, 3.8) is 0 Å². The first-order chi connectivity index (χ1) is 16.1. The van der Waals surface area contributed by atoms with Crippen molar-refractivity contribution in [1.29, 1.82) is 0 Å². The number of carboxylic acids is 1. The van der Waals surface area contributed by atoms with Crippen LogP contribution >= 0.6 is 22.9 Å². The van der Waals surface area contributed by atoms with Gasteiger partial charge in [0.25, 0.3) is 0 Å². The lowest BCUT2D eigenvalue weighted by Gasteiger charge is -2.28. The monoisotopic (exact) mass is 484 g/mol. The molecule has 1 aromatic heterocycles. The summed E-state index contributed by atoms with van der Waals surface area (Å²) in [5.41, 5.74) is 2.86. The lowest BCUT2D eigenvalue weighted by molar-refractivity contribution is -0.129. The van der Waals surface area contributed by atoms with Crippen molar-refractivity contribution in [2.75, 3.05) is 0 Å². The van der Waals surface area contributed by atoms with E-state index >= 15 is 0 Å². The molecule has 0 aliphatic heterocycles. The maximum absolute atomic E-state index is 10.8. The van der Waals surface area contributed by atoms with Crippen molar-refractivity contribution >= 4 is 35.1 Å². The summed E-state index contributed by atoms with van der Waals surface area (Å²) in [5, 5.41) is 16.1. The molecule has 1 saturated carbocycles. The zero-order valence-electron chi connectivity index (χ0n) is 18.0. The summed E-state index contributed by atoms with van der Waals surface area (Å²) in [4.78, 5) is 21.0. The molecular weight excluding hydrogens is 460 g/mol. The van der Waals surface area contributed by atoms with Crippen LogP contribution in [0.4, 0.5) is 0 Å². The van der Waals surface area contributed by atoms with E-state index in [-0.39, 0.29) is 6.10 Å². The Morgan fingerprint density at radius 3 is 2.58 bits per heavy atom. The van der Waals surface area contributed by atoms with Crippen molar-refractivity contribution in [2.24, 2.45) is 11.1 Å². The van der Waals surface area contributed by atoms with Gasteiger partial charge in [0.1, 0.15) is 17.4 Å². The Morgan fingerprint density at radius 1 is 1.15 bits per heavy atom. The second kappa shape index (κ2) is 11.3. The molecule has 0 radical (unpaired) electrons. The SMILES string of the molecule is O=C(O)/C=N/OC(c1ccc(OCc2csc(-c3ccc(Cl)cc3)n2)cc1)C1CCCCC1. The molecule has 4 rings (SSSR count). The molecule has 1 heterocycles. The Morgan fingerprint density at radius 2 is 1.88 bits per heavy atom. The minimum Gasteiger partial charge on any atom is -0.487 e. The maximum Gasteiger partial charge on any atom is 0.350 e. The molecule has 1 aliphatic rings. The first kappa shape index (κ1) is 23.3. The molecule has 8 heteroatoms. The van der Waals surface area contributed by atoms with Crippen LogP contribution in [0.3, 0.4) is 0 Å². The maximum atomic E-state index is 10.8. The number of ether oxygens (including phenoxy) is 1. The molecule has 3 aromatic rings. The molecule has 1 atom stereocenters. The van der Waals surface area contributed by atoms with Gasteiger partial charge in [0.05, 0.1) is 5.69 Å². The normalized spacial score (nSPS) is 15.4. The van der Waals surface area contributed by atoms with Gasteiger partial charge >= 0.3 is 5.97 Å². The van der Waals surface area contributed by atoms with Crippen LogP contribution in [0, 0.1) is 5.92 Å². The van der Waals surface area contributed by atoms with Gasteiger partial charge in [-0.1, -0.05) is 60.3 Å². The van der Waals surface area contributed by atoms with Crippen molar-refractivity contribution in [3.8, 4) is 16.3 Å². The first-order valence-electron chi connectivity index (χ1n) is 10.9. The van der Waals surface area contributed by atoms with Crippen LogP contribution in [0.25, 0.3) is 10.6 Å². The van der Waals surface area contributed by atoms with E-state index in [0.29, 0.717) is 17.5 Å². The highest BCUT2D eigenvalue weighted by atomic mass is 35.5. The minimum absolute atomic E-state index is 0.268. The molecule has 172 valence electrons. The van der Waals surface area contributed by atoms with Gasteiger partial charge in [-0.25, -0.2) is 9.78 Å². The Bertz CT molecular complexity index is 1080. The number of hydrogen-bond donors (Lipinski definition) is 1. The second-order valence-electron chi connectivity index (χ2n) is 8.01. The molecule has 1 N–H and O–H groups in total. The van der Waals surface area contributed by atoms with E-state index in [0.717, 1.165) is 59.5 Å². The third-order valence-corrected chi connectivity index (χ3v) is 6.85. The Labute approximate surface area is 201 Å². The van der Waals surface area contributed by atoms with E-state index in [1.54, 1.807) is 11.3 Å². The van der Waals surface area contributed by atoms with Crippen LogP contribution in [0.15, 0.2) is 59.1 Å². The summed E-state index contributed by atoms with van der Waals surface area (Å²) in [6.45, 7) is 0.370. The Hall–Kier alpha value is -2.90. The average Bonchev–Trinajstić information content (AvgIpc) is 3.31. The molecule has 1 unspecified atom stereocenters. The van der Waals surface area contributed by atoms with E-state index in [2.05, 4.69) is 10.1 Å². The van der Waals surface area contributed by atoms with Gasteiger partial charge in [0, 0.05) is 21.9 Å². The van der Waals surface area contributed by atoms with E-state index in [1.807, 2.05) is 53.9 Å². The number of carbonyl (C=O) groups is 1. The van der Waals surface area contributed by atoms with Crippen LogP contribution in [0.5, 0.6) is 5.75 Å². The highest BCUT2D eigenvalue weighted by Gasteiger charge is 2.27. The molecule has 6 nitrogen and oxygen atoms in total. The van der Waals surface area contributed by atoms with Crippen LogP contribution in [0.1, 0.15) is 49.5 Å². The van der Waals surface area contributed by atoms with Gasteiger partial charge in [-0.2, -0.15) is 0 Å². The third-order valence-electron chi connectivity index (χ3n) is 5.65. The molecule has 0 bridgehead atoms. The fourth-order valence-electron chi connectivity index (χ4n) is 4.01. The smallest absolute Gasteiger partial charge is 0.350 e. The van der Waals surface area contributed by atoms with Crippen molar-refractivity contribution in [1.82, 2.24) is 4.98 Å². The zero-order chi connectivity index (χ0) is 23.0. The molecular formula is C25H25ClN2O4S. The number of aromatic nitrogens is 1. The van der Waals surface area contributed by atoms with Crippen LogP contribution in [-0.2, 0) is 16.2 Å². The van der Waals surface area contributed by atoms with Gasteiger partial charge in [-0.15, -0.1) is 11.3 Å². The molecule has 1 aliphatic carbocycles. The fourth-order valence-corrected chi connectivity index (χ4v) is 4.94. The quantitative estimate of drug-likeness (QED) is 0.268. The largest absolute Gasteiger partial charge is 0.487 e. The van der Waals surface area contributed by atoms with Gasteiger partial charge in [0.15, 0.2) is 12.3 Å². The van der Waals surface area contributed by atoms with Gasteiger partial charge in [-0.3, -0.25) is 0 Å². The third kappa shape index (κ3) is 6.55. The summed E-state index contributed by atoms with van der Waals surface area (Å²) in [5.74, 6) is -0.0728. The van der Waals surface area contributed by atoms with Crippen LogP contribution in [0.2, 0.25) is 5.02 Å². The summed E-state index contributed by atoms with van der Waals surface area (Å²) in [7, 11) is 0. The zero-order valence-corrected chi connectivity index (χ0v) is 19.6. The fraction of sp³-hybridized carbons (Fsp3) is 0.320. The van der Waals surface area contributed by atoms with Crippen LogP contribution < -0.4 is 4.74 Å². The van der Waals surface area contributed by atoms with Gasteiger partial charge in [-0.05, 0) is 42.7 Å². The van der Waals surface area contributed by atoms with E-state index in [1.165, 1.54) is 6.42 Å². The second-order valence-corrected chi connectivity index (χ2v) is 9.30. The number of benzene rings is 2. The predicted molar refractivity (Wildman–Crippen MR) is 130 cm³/mol. The molecule has 2 aromatic carbocycles. The van der Waals surface area contributed by atoms with E-state index < -0.39 is 5.97 Å². The predicted octanol–water partition coefficient (Wildman–Crippen LogP) is 6.75. The standard InChI is InChI=1S/C25H25ClN2O4S/c26-20-10-6-19(7-11-20)25-28-21(16-33-25)15-31-22-12-8-18(9-13-22)24(32-27-14-23(29)30)17-4-2-1-3-5-17/h6-14,16-17,24H,1-5,15H2,(H,29,30)/b27-14+. The number of carboxylic acid groups (broad SMARTS) is 1. The summed E-state index contributed by atoms with van der Waals surface area (Å²) >= 11 is 7.53. The Balaban J connectivity index is 1.39. The molecule has 33 heavy (non-hydrogen) atoms. The highest BCUT2D eigenvalue weighted by molar-refractivity contribution is 7.13. The molecule has 1 fully saturated rings. The summed E-state index contributed by atoms with van der Waals surface area (Å²) in [6, 6.07) is 15.4. The Kier molecular flexibility index (Phi) is 7.96. The first-order valence-corrected chi connectivity index (χ1v) is 12.2. The average molecular weight is 485 g/mol. The van der Waals surface area contributed by atoms with Crippen molar-refractivity contribution in [2.45, 2.75) is 44.8 Å². The minimum atomic E-state index is -1.12. The van der Waals surface area contributed by atoms with Crippen molar-refractivity contribution < 1.29 is 19.5 Å². The number of oxime groups is 1. The lowest BCUT2D eigenvalue weighted by Crippen LogP contribution is -2.18. The van der Waals surface area contributed by atoms with Gasteiger partial charge in [0.2, 0.25) is 0 Å². The van der Waals surface area contributed by atoms with E-state index in [9.17, 15) is 4.79 Å². The summed E-state index contributed by atoms with van der Waals surface area (Å²) in [6.07, 6.45) is 6.15. The van der Waals surface area contributed by atoms with Gasteiger partial charge < -0.3 is 14.7 Å². The van der Waals surface area contributed by atoms with E-state index in [4.69, 9.17) is 26.3 Å². The topological polar surface area (TPSA) is 81.0 Å². The molecule has 0 spiro atoms. The number of hydrogen-bond acceptors (Lipinski definition) is 6. The number of aliphatic carboxylic acids is 1. The number of thiazole rings is 1. The van der Waals surface area contributed by atoms with Crippen LogP contribution in [-0.4, -0.2) is 22.3 Å². The summed E-state index contributed by atoms with van der Waals surface area (Å²) < 4.78 is 5.93. The molecule has 0 amide bonds. The number of nitrogens with zero attached hydrogens (tertiary/aromatic N) is 2. The van der Waals surface area contributed by atoms with Crippen molar-refractivity contribution in [3.05, 3.63) is 70.2 Å². The molecule has 0 saturated heterocycles.